The number of nitrogens with one attached hydrogen (secondary N) is 1. The Kier molecular flexibility index (Phi) is 6.03. The number of terminal acetylenes is 1. The number of amides is 2. The standard InChI is InChI=1S/C15H20N2O4/c1-6-15(2,3)21-11-20-13-9-7-8-12(10-13)16-14(18)17(4)19-5/h1,7-10H,11H2,2-5H3,(H,16,18). The zero-order valence-corrected chi connectivity index (χ0v) is 12.7. The van der Waals surface area contributed by atoms with Crippen LogP contribution < -0.4 is 10.1 Å². The Hall–Kier alpha value is -2.23. The summed E-state index contributed by atoms with van der Waals surface area (Å²) in [5.41, 5.74) is -0.106. The third-order valence-corrected chi connectivity index (χ3v) is 2.64. The molecule has 0 atom stereocenters. The molecular weight excluding hydrogens is 272 g/mol. The van der Waals surface area contributed by atoms with Crippen molar-refractivity contribution in [1.29, 1.82) is 0 Å². The van der Waals surface area contributed by atoms with Gasteiger partial charge in [-0.1, -0.05) is 12.0 Å². The number of ether oxygens (including phenoxy) is 2. The number of anilines is 1. The minimum Gasteiger partial charge on any atom is -0.467 e. The minimum atomic E-state index is -0.687. The predicted octanol–water partition coefficient (Wildman–Crippen LogP) is 2.48. The third kappa shape index (κ3) is 5.73. The molecular formula is C15H20N2O4. The summed E-state index contributed by atoms with van der Waals surface area (Å²) >= 11 is 0. The number of hydrogen-bond acceptors (Lipinski definition) is 4. The SMILES string of the molecule is C#CC(C)(C)OCOc1cccc(NC(=O)N(C)OC)c1. The molecule has 0 fully saturated rings. The third-order valence-electron chi connectivity index (χ3n) is 2.64. The van der Waals surface area contributed by atoms with Crippen molar-refractivity contribution < 1.29 is 19.1 Å². The van der Waals surface area contributed by atoms with Crippen molar-refractivity contribution in [2.45, 2.75) is 19.4 Å². The lowest BCUT2D eigenvalue weighted by Gasteiger charge is -2.19. The maximum absolute atomic E-state index is 11.6. The number of hydroxylamine groups is 2. The van der Waals surface area contributed by atoms with Crippen molar-refractivity contribution in [3.05, 3.63) is 24.3 Å². The van der Waals surface area contributed by atoms with E-state index in [0.717, 1.165) is 5.06 Å². The van der Waals surface area contributed by atoms with Crippen molar-refractivity contribution in [2.24, 2.45) is 0 Å². The fraction of sp³-hybridized carbons (Fsp3) is 0.400. The van der Waals surface area contributed by atoms with Gasteiger partial charge in [0.15, 0.2) is 6.79 Å². The van der Waals surface area contributed by atoms with E-state index in [0.29, 0.717) is 11.4 Å². The quantitative estimate of drug-likeness (QED) is 0.497. The van der Waals surface area contributed by atoms with Crippen LogP contribution in [0.3, 0.4) is 0 Å². The van der Waals surface area contributed by atoms with Crippen molar-refractivity contribution >= 4 is 11.7 Å². The molecule has 0 spiro atoms. The first-order valence-corrected chi connectivity index (χ1v) is 6.31. The molecule has 0 heterocycles. The van der Waals surface area contributed by atoms with Gasteiger partial charge in [0.1, 0.15) is 11.4 Å². The molecule has 0 aliphatic heterocycles. The van der Waals surface area contributed by atoms with Crippen molar-refractivity contribution in [3.63, 3.8) is 0 Å². The molecule has 0 aliphatic rings. The van der Waals surface area contributed by atoms with Gasteiger partial charge in [0.2, 0.25) is 0 Å². The number of benzene rings is 1. The predicted molar refractivity (Wildman–Crippen MR) is 79.7 cm³/mol. The van der Waals surface area contributed by atoms with E-state index in [1.807, 2.05) is 0 Å². The van der Waals surface area contributed by atoms with Gasteiger partial charge in [-0.2, -0.15) is 0 Å². The maximum atomic E-state index is 11.6. The van der Waals surface area contributed by atoms with Gasteiger partial charge in [-0.15, -0.1) is 6.42 Å². The summed E-state index contributed by atoms with van der Waals surface area (Å²) in [6.07, 6.45) is 5.31. The Balaban J connectivity index is 2.57. The van der Waals surface area contributed by atoms with Crippen LogP contribution in [0, 0.1) is 12.3 Å². The fourth-order valence-corrected chi connectivity index (χ4v) is 1.24. The lowest BCUT2D eigenvalue weighted by atomic mass is 10.2. The smallest absolute Gasteiger partial charge is 0.345 e. The highest BCUT2D eigenvalue weighted by Crippen LogP contribution is 2.18. The second-order valence-corrected chi connectivity index (χ2v) is 4.70. The molecule has 1 N–H and O–H groups in total. The molecule has 6 heteroatoms. The number of carbonyl (C=O) groups excluding carboxylic acids is 1. The van der Waals surface area contributed by atoms with Gasteiger partial charge in [-0.25, -0.2) is 9.86 Å². The van der Waals surface area contributed by atoms with Gasteiger partial charge in [0, 0.05) is 18.8 Å². The molecule has 1 aromatic rings. The number of hydrogen-bond donors (Lipinski definition) is 1. The number of carbonyl (C=O) groups is 1. The second kappa shape index (κ2) is 7.53. The van der Waals surface area contributed by atoms with E-state index < -0.39 is 5.60 Å². The second-order valence-electron chi connectivity index (χ2n) is 4.70. The van der Waals surface area contributed by atoms with Crippen LogP contribution in [0.2, 0.25) is 0 Å². The molecule has 1 aromatic carbocycles. The van der Waals surface area contributed by atoms with Crippen LogP contribution in [0.4, 0.5) is 10.5 Å². The van der Waals surface area contributed by atoms with Crippen molar-refractivity contribution in [1.82, 2.24) is 5.06 Å². The lowest BCUT2D eigenvalue weighted by Crippen LogP contribution is -2.30. The summed E-state index contributed by atoms with van der Waals surface area (Å²) < 4.78 is 10.8. The van der Waals surface area contributed by atoms with E-state index in [4.69, 9.17) is 20.7 Å². The topological polar surface area (TPSA) is 60.0 Å². The average molecular weight is 292 g/mol. The molecule has 114 valence electrons. The molecule has 0 radical (unpaired) electrons. The molecule has 0 aromatic heterocycles. The van der Waals surface area contributed by atoms with Gasteiger partial charge in [0.25, 0.3) is 0 Å². The molecule has 0 bridgehead atoms. The molecule has 2 amide bonds. The van der Waals surface area contributed by atoms with Crippen molar-refractivity contribution in [3.8, 4) is 18.1 Å². The molecule has 0 saturated carbocycles. The van der Waals surface area contributed by atoms with Crippen LogP contribution >= 0.6 is 0 Å². The number of rotatable bonds is 6. The van der Waals surface area contributed by atoms with Crippen LogP contribution in [0.25, 0.3) is 0 Å². The molecule has 21 heavy (non-hydrogen) atoms. The van der Waals surface area contributed by atoms with Gasteiger partial charge >= 0.3 is 6.03 Å². The van der Waals surface area contributed by atoms with E-state index in [2.05, 4.69) is 11.2 Å². The zero-order valence-electron chi connectivity index (χ0n) is 12.7. The Morgan fingerprint density at radius 3 is 2.81 bits per heavy atom. The Morgan fingerprint density at radius 2 is 2.19 bits per heavy atom. The first-order valence-electron chi connectivity index (χ1n) is 6.31. The van der Waals surface area contributed by atoms with Crippen molar-refractivity contribution in [2.75, 3.05) is 26.3 Å². The largest absolute Gasteiger partial charge is 0.467 e. The van der Waals surface area contributed by atoms with Gasteiger partial charge in [-0.05, 0) is 26.0 Å². The summed E-state index contributed by atoms with van der Waals surface area (Å²) in [6, 6.07) is 6.53. The lowest BCUT2D eigenvalue weighted by molar-refractivity contribution is -0.0598. The normalized spacial score (nSPS) is 10.6. The van der Waals surface area contributed by atoms with Crippen LogP contribution in [0.15, 0.2) is 24.3 Å². The minimum absolute atomic E-state index is 0.0204. The van der Waals surface area contributed by atoms with E-state index >= 15 is 0 Å². The van der Waals surface area contributed by atoms with Gasteiger partial charge < -0.3 is 14.8 Å². The highest BCUT2D eigenvalue weighted by Gasteiger charge is 2.14. The maximum Gasteiger partial charge on any atom is 0.345 e. The zero-order chi connectivity index (χ0) is 15.9. The highest BCUT2D eigenvalue weighted by atomic mass is 16.7. The summed E-state index contributed by atoms with van der Waals surface area (Å²) in [7, 11) is 2.91. The first-order chi connectivity index (χ1) is 9.88. The monoisotopic (exact) mass is 292 g/mol. The van der Waals surface area contributed by atoms with E-state index in [-0.39, 0.29) is 12.8 Å². The summed E-state index contributed by atoms with van der Waals surface area (Å²) in [4.78, 5) is 16.4. The van der Waals surface area contributed by atoms with Crippen LogP contribution in [-0.2, 0) is 9.57 Å². The number of nitrogens with zero attached hydrogens (tertiary/aromatic N) is 1. The Morgan fingerprint density at radius 1 is 1.48 bits per heavy atom. The highest BCUT2D eigenvalue weighted by molar-refractivity contribution is 5.88. The molecule has 0 saturated heterocycles. The van der Waals surface area contributed by atoms with Gasteiger partial charge in [-0.3, -0.25) is 4.84 Å². The van der Waals surface area contributed by atoms with E-state index in [1.54, 1.807) is 38.1 Å². The summed E-state index contributed by atoms with van der Waals surface area (Å²) in [5, 5.41) is 3.74. The summed E-state index contributed by atoms with van der Waals surface area (Å²) in [6.45, 7) is 3.56. The Bertz CT molecular complexity index is 523. The molecule has 6 nitrogen and oxygen atoms in total. The molecule has 0 aliphatic carbocycles. The van der Waals surface area contributed by atoms with E-state index in [1.165, 1.54) is 14.2 Å². The molecule has 0 unspecified atom stereocenters. The van der Waals surface area contributed by atoms with Crippen LogP contribution in [0.5, 0.6) is 5.75 Å². The van der Waals surface area contributed by atoms with Crippen LogP contribution in [0.1, 0.15) is 13.8 Å². The van der Waals surface area contributed by atoms with Gasteiger partial charge in [0.05, 0.1) is 7.11 Å². The Labute approximate surface area is 124 Å². The first kappa shape index (κ1) is 16.8. The molecule has 1 rings (SSSR count). The fourth-order valence-electron chi connectivity index (χ4n) is 1.24. The average Bonchev–Trinajstić information content (AvgIpc) is 2.46. The van der Waals surface area contributed by atoms with Crippen LogP contribution in [-0.4, -0.2) is 37.6 Å². The number of urea groups is 1. The van der Waals surface area contributed by atoms with E-state index in [9.17, 15) is 4.79 Å². The summed E-state index contributed by atoms with van der Waals surface area (Å²) in [5.74, 6) is 3.06.